The van der Waals surface area contributed by atoms with Crippen molar-refractivity contribution in [3.8, 4) is 0 Å². The standard InChI is InChI=1S/C12H19N3O2/c1-9(13)10-2-3-12(14-6-10)15-4-5-17-8-11(15)7-16/h2-3,6,9,11,16H,4-5,7-8,13H2,1H3/t9-,11?/m0/s1. The number of hydrogen-bond donors (Lipinski definition) is 2. The first kappa shape index (κ1) is 12.3. The highest BCUT2D eigenvalue weighted by atomic mass is 16.5. The fourth-order valence-electron chi connectivity index (χ4n) is 1.94. The molecule has 5 nitrogen and oxygen atoms in total. The molecule has 0 aromatic carbocycles. The number of aromatic nitrogens is 1. The van der Waals surface area contributed by atoms with Crippen LogP contribution in [0.4, 0.5) is 5.82 Å². The summed E-state index contributed by atoms with van der Waals surface area (Å²) in [6.07, 6.45) is 1.80. The van der Waals surface area contributed by atoms with Gasteiger partial charge in [-0.15, -0.1) is 0 Å². The predicted molar refractivity (Wildman–Crippen MR) is 65.9 cm³/mol. The van der Waals surface area contributed by atoms with Crippen molar-refractivity contribution in [3.05, 3.63) is 23.9 Å². The Morgan fingerprint density at radius 2 is 2.47 bits per heavy atom. The van der Waals surface area contributed by atoms with Crippen LogP contribution in [0.5, 0.6) is 0 Å². The Kier molecular flexibility index (Phi) is 3.93. The summed E-state index contributed by atoms with van der Waals surface area (Å²) in [6, 6.07) is 3.93. The molecule has 3 N–H and O–H groups in total. The predicted octanol–water partition coefficient (Wildman–Crippen LogP) is 0.299. The third kappa shape index (κ3) is 2.74. The summed E-state index contributed by atoms with van der Waals surface area (Å²) < 4.78 is 5.34. The van der Waals surface area contributed by atoms with Crippen LogP contribution in [0.25, 0.3) is 0 Å². The first-order valence-corrected chi connectivity index (χ1v) is 5.89. The van der Waals surface area contributed by atoms with Gasteiger partial charge in [0.2, 0.25) is 0 Å². The minimum Gasteiger partial charge on any atom is -0.394 e. The summed E-state index contributed by atoms with van der Waals surface area (Å²) in [5, 5.41) is 9.30. The number of anilines is 1. The van der Waals surface area contributed by atoms with Gasteiger partial charge >= 0.3 is 0 Å². The Morgan fingerprint density at radius 3 is 3.06 bits per heavy atom. The summed E-state index contributed by atoms with van der Waals surface area (Å²) in [5.41, 5.74) is 6.80. The maximum absolute atomic E-state index is 9.30. The minimum absolute atomic E-state index is 0.00241. The van der Waals surface area contributed by atoms with E-state index in [9.17, 15) is 5.11 Å². The SMILES string of the molecule is C[C@H](N)c1ccc(N2CCOCC2CO)nc1. The van der Waals surface area contributed by atoms with Crippen LogP contribution in [0.2, 0.25) is 0 Å². The van der Waals surface area contributed by atoms with E-state index >= 15 is 0 Å². The molecule has 1 fully saturated rings. The molecule has 1 aliphatic heterocycles. The fourth-order valence-corrected chi connectivity index (χ4v) is 1.94. The van der Waals surface area contributed by atoms with Crippen LogP contribution in [0, 0.1) is 0 Å². The van der Waals surface area contributed by atoms with Crippen LogP contribution >= 0.6 is 0 Å². The van der Waals surface area contributed by atoms with E-state index in [0.717, 1.165) is 17.9 Å². The molecule has 2 heterocycles. The molecule has 0 saturated carbocycles. The van der Waals surface area contributed by atoms with Gasteiger partial charge in [0.05, 0.1) is 25.9 Å². The number of aliphatic hydroxyl groups is 1. The van der Waals surface area contributed by atoms with Crippen LogP contribution in [-0.2, 0) is 4.74 Å². The summed E-state index contributed by atoms with van der Waals surface area (Å²) in [4.78, 5) is 6.48. The molecule has 0 spiro atoms. The number of ether oxygens (including phenoxy) is 1. The molecule has 2 atom stereocenters. The van der Waals surface area contributed by atoms with Crippen LogP contribution in [0.15, 0.2) is 18.3 Å². The number of pyridine rings is 1. The molecule has 1 aromatic heterocycles. The minimum atomic E-state index is -0.00474. The highest BCUT2D eigenvalue weighted by Gasteiger charge is 2.23. The second-order valence-corrected chi connectivity index (χ2v) is 4.34. The normalized spacial score (nSPS) is 22.5. The molecule has 0 radical (unpaired) electrons. The molecular formula is C12H19N3O2. The smallest absolute Gasteiger partial charge is 0.128 e. The molecule has 0 bridgehead atoms. The van der Waals surface area contributed by atoms with Crippen molar-refractivity contribution in [1.29, 1.82) is 0 Å². The maximum Gasteiger partial charge on any atom is 0.128 e. The highest BCUT2D eigenvalue weighted by Crippen LogP contribution is 2.18. The summed E-state index contributed by atoms with van der Waals surface area (Å²) >= 11 is 0. The molecule has 94 valence electrons. The molecular weight excluding hydrogens is 218 g/mol. The van der Waals surface area contributed by atoms with E-state index in [4.69, 9.17) is 10.5 Å². The largest absolute Gasteiger partial charge is 0.394 e. The van der Waals surface area contributed by atoms with Gasteiger partial charge in [0.25, 0.3) is 0 Å². The first-order valence-electron chi connectivity index (χ1n) is 5.89. The van der Waals surface area contributed by atoms with Gasteiger partial charge < -0.3 is 20.5 Å². The van der Waals surface area contributed by atoms with E-state index in [2.05, 4.69) is 9.88 Å². The lowest BCUT2D eigenvalue weighted by atomic mass is 10.1. The molecule has 1 saturated heterocycles. The van der Waals surface area contributed by atoms with Gasteiger partial charge in [-0.3, -0.25) is 0 Å². The van der Waals surface area contributed by atoms with Gasteiger partial charge in [0.1, 0.15) is 5.82 Å². The van der Waals surface area contributed by atoms with E-state index < -0.39 is 0 Å². The van der Waals surface area contributed by atoms with E-state index in [0.29, 0.717) is 13.2 Å². The molecule has 1 aliphatic rings. The number of rotatable bonds is 3. The van der Waals surface area contributed by atoms with Crippen LogP contribution < -0.4 is 10.6 Å². The Labute approximate surface area is 101 Å². The molecule has 17 heavy (non-hydrogen) atoms. The molecule has 5 heteroatoms. The summed E-state index contributed by atoms with van der Waals surface area (Å²) in [6.45, 7) is 3.99. The number of nitrogens with zero attached hydrogens (tertiary/aromatic N) is 2. The van der Waals surface area contributed by atoms with Gasteiger partial charge in [-0.05, 0) is 18.6 Å². The van der Waals surface area contributed by atoms with Crippen molar-refractivity contribution in [1.82, 2.24) is 4.98 Å². The Balaban J connectivity index is 2.15. The lowest BCUT2D eigenvalue weighted by molar-refractivity contribution is 0.0723. The van der Waals surface area contributed by atoms with Gasteiger partial charge in [0, 0.05) is 18.8 Å². The van der Waals surface area contributed by atoms with Crippen molar-refractivity contribution in [2.45, 2.75) is 19.0 Å². The van der Waals surface area contributed by atoms with Crippen molar-refractivity contribution in [3.63, 3.8) is 0 Å². The van der Waals surface area contributed by atoms with Gasteiger partial charge in [-0.25, -0.2) is 4.98 Å². The molecule has 2 rings (SSSR count). The van der Waals surface area contributed by atoms with Crippen molar-refractivity contribution in [2.75, 3.05) is 31.3 Å². The molecule has 1 aromatic rings. The van der Waals surface area contributed by atoms with E-state index in [-0.39, 0.29) is 18.7 Å². The van der Waals surface area contributed by atoms with E-state index in [1.807, 2.05) is 19.1 Å². The second kappa shape index (κ2) is 5.44. The zero-order chi connectivity index (χ0) is 12.3. The van der Waals surface area contributed by atoms with Crippen molar-refractivity contribution >= 4 is 5.82 Å². The Morgan fingerprint density at radius 1 is 1.65 bits per heavy atom. The first-order chi connectivity index (χ1) is 8.22. The summed E-state index contributed by atoms with van der Waals surface area (Å²) in [7, 11) is 0. The number of morpholine rings is 1. The van der Waals surface area contributed by atoms with Gasteiger partial charge in [-0.2, -0.15) is 0 Å². The lowest BCUT2D eigenvalue weighted by Gasteiger charge is -2.35. The number of aliphatic hydroxyl groups excluding tert-OH is 1. The number of hydrogen-bond acceptors (Lipinski definition) is 5. The Hall–Kier alpha value is -1.17. The average molecular weight is 237 g/mol. The average Bonchev–Trinajstić information content (AvgIpc) is 2.39. The second-order valence-electron chi connectivity index (χ2n) is 4.34. The quantitative estimate of drug-likeness (QED) is 0.791. The summed E-state index contributed by atoms with van der Waals surface area (Å²) in [5.74, 6) is 0.872. The van der Waals surface area contributed by atoms with E-state index in [1.54, 1.807) is 6.20 Å². The van der Waals surface area contributed by atoms with Crippen molar-refractivity contribution < 1.29 is 9.84 Å². The fraction of sp³-hybridized carbons (Fsp3) is 0.583. The van der Waals surface area contributed by atoms with E-state index in [1.165, 1.54) is 0 Å². The molecule has 1 unspecified atom stereocenters. The van der Waals surface area contributed by atoms with Crippen molar-refractivity contribution in [2.24, 2.45) is 5.73 Å². The third-order valence-corrected chi connectivity index (χ3v) is 3.03. The highest BCUT2D eigenvalue weighted by molar-refractivity contribution is 5.41. The van der Waals surface area contributed by atoms with Crippen LogP contribution in [0.3, 0.4) is 0 Å². The Bertz CT molecular complexity index is 353. The molecule has 0 aliphatic carbocycles. The third-order valence-electron chi connectivity index (χ3n) is 3.03. The topological polar surface area (TPSA) is 71.6 Å². The monoisotopic (exact) mass is 237 g/mol. The lowest BCUT2D eigenvalue weighted by Crippen LogP contribution is -2.48. The van der Waals surface area contributed by atoms with Crippen LogP contribution in [-0.4, -0.2) is 42.5 Å². The zero-order valence-corrected chi connectivity index (χ0v) is 10.0. The van der Waals surface area contributed by atoms with Gasteiger partial charge in [0.15, 0.2) is 0 Å². The number of nitrogens with two attached hydrogens (primary N) is 1. The maximum atomic E-state index is 9.30. The van der Waals surface area contributed by atoms with Crippen LogP contribution in [0.1, 0.15) is 18.5 Å². The van der Waals surface area contributed by atoms with Gasteiger partial charge in [-0.1, -0.05) is 6.07 Å². The molecule has 0 amide bonds. The zero-order valence-electron chi connectivity index (χ0n) is 10.0.